The van der Waals surface area contributed by atoms with Gasteiger partial charge in [-0.05, 0) is 78.2 Å². The Kier molecular flexibility index (Phi) is 18.6. The highest BCUT2D eigenvalue weighted by atomic mass is 32.2. The normalized spacial score (nSPS) is 11.3. The second-order valence-corrected chi connectivity index (χ2v) is 12.8. The molecule has 0 fully saturated rings. The number of unbranched alkanes of at least 4 members (excludes halogenated alkanes) is 6. The van der Waals surface area contributed by atoms with Gasteiger partial charge < -0.3 is 9.80 Å². The molecular formula is C25H46N2S4. The summed E-state index contributed by atoms with van der Waals surface area (Å²) in [7, 11) is 4.21. The molecule has 0 radical (unpaired) electrons. The van der Waals surface area contributed by atoms with Crippen LogP contribution in [-0.4, -0.2) is 54.1 Å². The molecule has 6 heteroatoms. The van der Waals surface area contributed by atoms with Crippen molar-refractivity contribution in [2.75, 3.05) is 58.7 Å². The van der Waals surface area contributed by atoms with Crippen LogP contribution in [0.25, 0.3) is 0 Å². The maximum absolute atomic E-state index is 4.31. The highest BCUT2D eigenvalue weighted by molar-refractivity contribution is 8.00. The Morgan fingerprint density at radius 3 is 1.68 bits per heavy atom. The zero-order valence-electron chi connectivity index (χ0n) is 20.4. The van der Waals surface area contributed by atoms with E-state index in [9.17, 15) is 0 Å². The molecule has 0 spiro atoms. The topological polar surface area (TPSA) is 6.48 Å². The van der Waals surface area contributed by atoms with Crippen LogP contribution in [-0.2, 0) is 0 Å². The first-order valence-electron chi connectivity index (χ1n) is 11.9. The van der Waals surface area contributed by atoms with Crippen molar-refractivity contribution in [3.05, 3.63) is 24.3 Å². The van der Waals surface area contributed by atoms with Crippen LogP contribution in [0, 0.1) is 0 Å². The van der Waals surface area contributed by atoms with Crippen molar-refractivity contribution >= 4 is 59.3 Å². The van der Waals surface area contributed by atoms with Crippen molar-refractivity contribution < 1.29 is 0 Å². The molecule has 0 amide bonds. The van der Waals surface area contributed by atoms with Gasteiger partial charge in [0.2, 0.25) is 0 Å². The van der Waals surface area contributed by atoms with E-state index in [0.29, 0.717) is 0 Å². The average Bonchev–Trinajstić information content (AvgIpc) is 2.75. The summed E-state index contributed by atoms with van der Waals surface area (Å²) in [6.45, 7) is 4.59. The fourth-order valence-electron chi connectivity index (χ4n) is 3.15. The number of thioether (sulfide) groups is 3. The number of rotatable bonds is 20. The Hall–Kier alpha value is 0.220. The second-order valence-electron chi connectivity index (χ2n) is 8.50. The first-order chi connectivity index (χ1) is 15.0. The lowest BCUT2D eigenvalue weighted by Crippen LogP contribution is -2.22. The zero-order valence-corrected chi connectivity index (χ0v) is 23.7. The number of benzene rings is 1. The monoisotopic (exact) mass is 502 g/mol. The van der Waals surface area contributed by atoms with Gasteiger partial charge in [-0.2, -0.15) is 24.4 Å². The van der Waals surface area contributed by atoms with Crippen molar-refractivity contribution in [1.29, 1.82) is 0 Å². The van der Waals surface area contributed by atoms with Crippen LogP contribution in [0.3, 0.4) is 0 Å². The molecule has 0 aromatic heterocycles. The van der Waals surface area contributed by atoms with Gasteiger partial charge in [-0.25, -0.2) is 0 Å². The van der Waals surface area contributed by atoms with Crippen LogP contribution in [0.4, 0.5) is 11.4 Å². The lowest BCUT2D eigenvalue weighted by atomic mass is 10.2. The number of anilines is 2. The van der Waals surface area contributed by atoms with E-state index in [1.165, 1.54) is 80.0 Å². The maximum Gasteiger partial charge on any atom is 0.0648 e. The molecule has 0 bridgehead atoms. The molecule has 0 heterocycles. The SMILES string of the molecule is CC(C)SCCCCCCSCN(CSCCCCCCS)c1ccc(N(C)C)cc1. The minimum Gasteiger partial charge on any atom is -0.378 e. The highest BCUT2D eigenvalue weighted by Crippen LogP contribution is 2.24. The smallest absolute Gasteiger partial charge is 0.0648 e. The van der Waals surface area contributed by atoms with Gasteiger partial charge >= 0.3 is 0 Å². The van der Waals surface area contributed by atoms with Crippen LogP contribution in [0.2, 0.25) is 0 Å². The molecule has 0 atom stereocenters. The van der Waals surface area contributed by atoms with Crippen LogP contribution in [0.5, 0.6) is 0 Å². The standard InChI is InChI=1S/C25H46N2S4/c1-23(2)31-20-12-8-7-11-19-30-22-27(21-29-18-10-6-5-9-17-28)25-15-13-24(14-16-25)26(3)4/h13-16,23,28H,5-12,17-22H2,1-4H3. The summed E-state index contributed by atoms with van der Waals surface area (Å²) in [6, 6.07) is 9.06. The first kappa shape index (κ1) is 29.3. The molecule has 31 heavy (non-hydrogen) atoms. The summed E-state index contributed by atoms with van der Waals surface area (Å²) < 4.78 is 0. The van der Waals surface area contributed by atoms with E-state index in [4.69, 9.17) is 0 Å². The number of thiol groups is 1. The van der Waals surface area contributed by atoms with Crippen LogP contribution < -0.4 is 9.80 Å². The fraction of sp³-hybridized carbons (Fsp3) is 0.760. The molecular weight excluding hydrogens is 457 g/mol. The van der Waals surface area contributed by atoms with E-state index in [1.807, 2.05) is 0 Å². The molecule has 0 saturated heterocycles. The number of hydrogen-bond acceptors (Lipinski definition) is 6. The largest absolute Gasteiger partial charge is 0.378 e. The predicted octanol–water partition coefficient (Wildman–Crippen LogP) is 8.13. The lowest BCUT2D eigenvalue weighted by molar-refractivity contribution is 0.710. The molecule has 0 aliphatic carbocycles. The average molecular weight is 503 g/mol. The molecule has 0 saturated carbocycles. The Morgan fingerprint density at radius 2 is 1.19 bits per heavy atom. The molecule has 0 unspecified atom stereocenters. The third kappa shape index (κ3) is 15.6. The highest BCUT2D eigenvalue weighted by Gasteiger charge is 2.08. The van der Waals surface area contributed by atoms with Crippen LogP contribution in [0.15, 0.2) is 24.3 Å². The van der Waals surface area contributed by atoms with Gasteiger partial charge in [0.25, 0.3) is 0 Å². The maximum atomic E-state index is 4.31. The molecule has 1 aromatic carbocycles. The summed E-state index contributed by atoms with van der Waals surface area (Å²) >= 11 is 10.6. The number of hydrogen-bond donors (Lipinski definition) is 1. The van der Waals surface area contributed by atoms with Gasteiger partial charge in [0.15, 0.2) is 0 Å². The van der Waals surface area contributed by atoms with Gasteiger partial charge in [-0.3, -0.25) is 0 Å². The summed E-state index contributed by atoms with van der Waals surface area (Å²) in [5.74, 6) is 7.08. The minimum atomic E-state index is 0.777. The molecule has 0 N–H and O–H groups in total. The number of nitrogens with zero attached hydrogens (tertiary/aromatic N) is 2. The van der Waals surface area contributed by atoms with Crippen molar-refractivity contribution in [3.63, 3.8) is 0 Å². The third-order valence-electron chi connectivity index (χ3n) is 5.06. The van der Waals surface area contributed by atoms with Crippen molar-refractivity contribution in [2.24, 2.45) is 0 Å². The second kappa shape index (κ2) is 19.7. The minimum absolute atomic E-state index is 0.777. The van der Waals surface area contributed by atoms with Crippen molar-refractivity contribution in [2.45, 2.75) is 70.5 Å². The molecule has 1 rings (SSSR count). The van der Waals surface area contributed by atoms with E-state index >= 15 is 0 Å². The zero-order chi connectivity index (χ0) is 22.7. The Balaban J connectivity index is 2.33. The van der Waals surface area contributed by atoms with Gasteiger partial charge in [0.05, 0.1) is 11.8 Å². The molecule has 0 aliphatic rings. The fourth-order valence-corrected chi connectivity index (χ4v) is 6.32. The first-order valence-corrected chi connectivity index (χ1v) is 15.9. The summed E-state index contributed by atoms with van der Waals surface area (Å²) in [5.41, 5.74) is 2.62. The summed E-state index contributed by atoms with van der Waals surface area (Å²) in [6.07, 6.45) is 10.7. The summed E-state index contributed by atoms with van der Waals surface area (Å²) in [4.78, 5) is 4.73. The molecule has 180 valence electrons. The summed E-state index contributed by atoms with van der Waals surface area (Å²) in [5, 5.41) is 0.777. The van der Waals surface area contributed by atoms with Crippen molar-refractivity contribution in [3.8, 4) is 0 Å². The van der Waals surface area contributed by atoms with E-state index in [2.05, 4.69) is 110 Å². The Morgan fingerprint density at radius 1 is 0.710 bits per heavy atom. The lowest BCUT2D eigenvalue weighted by Gasteiger charge is -2.25. The molecule has 0 aliphatic heterocycles. The molecule has 2 nitrogen and oxygen atoms in total. The molecule has 1 aromatic rings. The van der Waals surface area contributed by atoms with E-state index in [-0.39, 0.29) is 0 Å². The quantitative estimate of drug-likeness (QED) is 0.109. The Labute approximate surface area is 211 Å². The van der Waals surface area contributed by atoms with Gasteiger partial charge in [0, 0.05) is 25.5 Å². The predicted molar refractivity (Wildman–Crippen MR) is 156 cm³/mol. The van der Waals surface area contributed by atoms with Crippen LogP contribution in [0.1, 0.15) is 65.2 Å². The van der Waals surface area contributed by atoms with E-state index < -0.39 is 0 Å². The van der Waals surface area contributed by atoms with E-state index in [1.54, 1.807) is 0 Å². The van der Waals surface area contributed by atoms with Gasteiger partial charge in [0.1, 0.15) is 0 Å². The van der Waals surface area contributed by atoms with Crippen molar-refractivity contribution in [1.82, 2.24) is 0 Å². The third-order valence-corrected chi connectivity index (χ3v) is 8.71. The Bertz CT molecular complexity index is 523. The van der Waals surface area contributed by atoms with Crippen LogP contribution >= 0.6 is 47.9 Å². The van der Waals surface area contributed by atoms with E-state index in [0.717, 1.165) is 22.8 Å². The van der Waals surface area contributed by atoms with Gasteiger partial charge in [-0.15, -0.1) is 23.5 Å². The van der Waals surface area contributed by atoms with Gasteiger partial charge in [-0.1, -0.05) is 39.5 Å².